The number of hydrogen-bond acceptors (Lipinski definition) is 5. The zero-order valence-corrected chi connectivity index (χ0v) is 18.6. The third-order valence-corrected chi connectivity index (χ3v) is 5.58. The van der Waals surface area contributed by atoms with E-state index < -0.39 is 22.1 Å². The molecule has 172 valence electrons. The number of non-ortho nitro benzene ring substituents is 1. The molecule has 9 nitrogen and oxygen atoms in total. The maximum atomic E-state index is 13.4. The van der Waals surface area contributed by atoms with Gasteiger partial charge in [0.15, 0.2) is 0 Å². The van der Waals surface area contributed by atoms with Crippen LogP contribution in [0.3, 0.4) is 0 Å². The first-order chi connectivity index (χ1) is 16.3. The molecule has 0 aliphatic rings. The Morgan fingerprint density at radius 2 is 1.76 bits per heavy atom. The van der Waals surface area contributed by atoms with Gasteiger partial charge in [-0.2, -0.15) is 0 Å². The van der Waals surface area contributed by atoms with Gasteiger partial charge >= 0.3 is 5.69 Å². The number of nitro benzene ring substituents is 1. The fourth-order valence-corrected chi connectivity index (χ4v) is 3.87. The molecule has 0 bridgehead atoms. The lowest BCUT2D eigenvalue weighted by Crippen LogP contribution is -2.42. The summed E-state index contributed by atoms with van der Waals surface area (Å²) in [4.78, 5) is 50.2. The number of nitro groups is 1. The number of benzene rings is 3. The minimum absolute atomic E-state index is 0.0550. The third-order valence-electron chi connectivity index (χ3n) is 5.58. The minimum Gasteiger partial charge on any atom is -0.348 e. The van der Waals surface area contributed by atoms with Crippen LogP contribution in [-0.4, -0.2) is 20.0 Å². The van der Waals surface area contributed by atoms with Crippen LogP contribution in [0.1, 0.15) is 24.1 Å². The fraction of sp³-hybridized carbons (Fsp3) is 0.160. The first kappa shape index (κ1) is 22.7. The monoisotopic (exact) mass is 458 g/mol. The Morgan fingerprint density at radius 3 is 2.47 bits per heavy atom. The maximum Gasteiger partial charge on any atom is 0.336 e. The summed E-state index contributed by atoms with van der Waals surface area (Å²) in [6.45, 7) is 3.31. The molecule has 0 aliphatic heterocycles. The highest BCUT2D eigenvalue weighted by atomic mass is 16.6. The van der Waals surface area contributed by atoms with Gasteiger partial charge in [-0.15, -0.1) is 0 Å². The van der Waals surface area contributed by atoms with E-state index in [0.29, 0.717) is 5.52 Å². The van der Waals surface area contributed by atoms with E-state index in [1.165, 1.54) is 22.8 Å². The molecule has 0 radical (unpaired) electrons. The van der Waals surface area contributed by atoms with Crippen LogP contribution in [0.4, 0.5) is 5.69 Å². The van der Waals surface area contributed by atoms with Crippen molar-refractivity contribution in [2.45, 2.75) is 26.4 Å². The predicted molar refractivity (Wildman–Crippen MR) is 128 cm³/mol. The molecule has 1 heterocycles. The highest BCUT2D eigenvalue weighted by Gasteiger charge is 2.19. The van der Waals surface area contributed by atoms with Crippen LogP contribution in [0.15, 0.2) is 82.4 Å². The van der Waals surface area contributed by atoms with Gasteiger partial charge in [-0.1, -0.05) is 48.0 Å². The summed E-state index contributed by atoms with van der Waals surface area (Å²) in [6.07, 6.45) is 0. The van der Waals surface area contributed by atoms with Gasteiger partial charge in [0.05, 0.1) is 27.6 Å². The van der Waals surface area contributed by atoms with Gasteiger partial charge in [0.25, 0.3) is 11.2 Å². The Balaban J connectivity index is 1.82. The summed E-state index contributed by atoms with van der Waals surface area (Å²) < 4.78 is 2.07. The molecule has 9 heteroatoms. The molecule has 0 aliphatic carbocycles. The average Bonchev–Trinajstić information content (AvgIpc) is 2.82. The second-order valence-corrected chi connectivity index (χ2v) is 8.01. The molecule has 1 amide bonds. The summed E-state index contributed by atoms with van der Waals surface area (Å²) in [5, 5.41) is 14.3. The second-order valence-electron chi connectivity index (χ2n) is 8.01. The Hall–Kier alpha value is -4.53. The Morgan fingerprint density at radius 1 is 1.03 bits per heavy atom. The quantitative estimate of drug-likeness (QED) is 0.352. The van der Waals surface area contributed by atoms with E-state index in [4.69, 9.17) is 0 Å². The van der Waals surface area contributed by atoms with Crippen molar-refractivity contribution in [1.29, 1.82) is 0 Å². The van der Waals surface area contributed by atoms with E-state index in [0.717, 1.165) is 21.8 Å². The molecule has 0 fully saturated rings. The lowest BCUT2D eigenvalue weighted by Gasteiger charge is -2.17. The molecule has 0 saturated heterocycles. The minimum atomic E-state index is -0.760. The Bertz CT molecular complexity index is 1520. The molecule has 0 unspecified atom stereocenters. The number of aryl methyl sites for hydroxylation is 1. The number of fused-ring (bicyclic) bond motifs is 1. The van der Waals surface area contributed by atoms with E-state index in [-0.39, 0.29) is 29.3 Å². The zero-order chi connectivity index (χ0) is 24.4. The van der Waals surface area contributed by atoms with Crippen molar-refractivity contribution in [3.05, 3.63) is 115 Å². The van der Waals surface area contributed by atoms with Gasteiger partial charge in [-0.05, 0) is 37.6 Å². The number of carbonyl (C=O) groups is 1. The van der Waals surface area contributed by atoms with Crippen molar-refractivity contribution in [1.82, 2.24) is 14.5 Å². The highest BCUT2D eigenvalue weighted by molar-refractivity contribution is 5.82. The predicted octanol–water partition coefficient (Wildman–Crippen LogP) is 3.25. The summed E-state index contributed by atoms with van der Waals surface area (Å²) >= 11 is 0. The van der Waals surface area contributed by atoms with Crippen molar-refractivity contribution >= 4 is 22.5 Å². The molecule has 0 spiro atoms. The van der Waals surface area contributed by atoms with Crippen LogP contribution in [0.2, 0.25) is 0 Å². The summed E-state index contributed by atoms with van der Waals surface area (Å²) in [6, 6.07) is 19.4. The van der Waals surface area contributed by atoms with Gasteiger partial charge in [0, 0.05) is 12.1 Å². The molecular weight excluding hydrogens is 436 g/mol. The SMILES string of the molecule is Cc1ccc2c(c1)c(=O)n(-c1cccc([N+](=O)[O-])c1)c(=O)n2CC(=O)N[C@@H](C)c1ccccc1. The van der Waals surface area contributed by atoms with Gasteiger partial charge < -0.3 is 5.32 Å². The molecule has 0 saturated carbocycles. The molecular formula is C25H22N4O5. The molecule has 1 N–H and O–H groups in total. The van der Waals surface area contributed by atoms with Crippen molar-refractivity contribution in [3.8, 4) is 5.69 Å². The lowest BCUT2D eigenvalue weighted by atomic mass is 10.1. The molecule has 1 aromatic heterocycles. The van der Waals surface area contributed by atoms with Crippen molar-refractivity contribution in [3.63, 3.8) is 0 Å². The zero-order valence-electron chi connectivity index (χ0n) is 18.6. The number of carbonyl (C=O) groups excluding carboxylic acids is 1. The van der Waals surface area contributed by atoms with E-state index in [1.807, 2.05) is 37.3 Å². The van der Waals surface area contributed by atoms with Gasteiger partial charge in [-0.3, -0.25) is 24.3 Å². The van der Waals surface area contributed by atoms with Gasteiger partial charge in [0.1, 0.15) is 6.54 Å². The molecule has 4 aromatic rings. The fourth-order valence-electron chi connectivity index (χ4n) is 3.87. The summed E-state index contributed by atoms with van der Waals surface area (Å²) in [5.74, 6) is -0.412. The number of aromatic nitrogens is 2. The van der Waals surface area contributed by atoms with Crippen LogP contribution in [0.5, 0.6) is 0 Å². The number of amides is 1. The van der Waals surface area contributed by atoms with E-state index in [9.17, 15) is 24.5 Å². The molecule has 4 rings (SSSR count). The van der Waals surface area contributed by atoms with Gasteiger partial charge in [0.2, 0.25) is 5.91 Å². The second kappa shape index (κ2) is 9.14. The number of rotatable bonds is 6. The number of hydrogen-bond donors (Lipinski definition) is 1. The normalized spacial score (nSPS) is 11.8. The summed E-state index contributed by atoms with van der Waals surface area (Å²) in [5.41, 5.74) is 0.439. The maximum absolute atomic E-state index is 13.4. The Kier molecular flexibility index (Phi) is 6.09. The van der Waals surface area contributed by atoms with Crippen LogP contribution in [0.25, 0.3) is 16.6 Å². The van der Waals surface area contributed by atoms with E-state index >= 15 is 0 Å². The van der Waals surface area contributed by atoms with Crippen molar-refractivity contribution < 1.29 is 9.72 Å². The largest absolute Gasteiger partial charge is 0.348 e. The first-order valence-corrected chi connectivity index (χ1v) is 10.6. The highest BCUT2D eigenvalue weighted by Crippen LogP contribution is 2.17. The Labute approximate surface area is 194 Å². The first-order valence-electron chi connectivity index (χ1n) is 10.6. The topological polar surface area (TPSA) is 116 Å². The average molecular weight is 458 g/mol. The number of nitrogens with zero attached hydrogens (tertiary/aromatic N) is 3. The molecule has 3 aromatic carbocycles. The van der Waals surface area contributed by atoms with Crippen molar-refractivity contribution in [2.24, 2.45) is 0 Å². The lowest BCUT2D eigenvalue weighted by molar-refractivity contribution is -0.384. The van der Waals surface area contributed by atoms with Gasteiger partial charge in [-0.25, -0.2) is 9.36 Å². The van der Waals surface area contributed by atoms with Crippen LogP contribution in [-0.2, 0) is 11.3 Å². The van der Waals surface area contributed by atoms with Crippen LogP contribution < -0.4 is 16.6 Å². The smallest absolute Gasteiger partial charge is 0.336 e. The summed E-state index contributed by atoms with van der Waals surface area (Å²) in [7, 11) is 0. The van der Waals surface area contributed by atoms with Crippen molar-refractivity contribution in [2.75, 3.05) is 0 Å². The molecule has 1 atom stereocenters. The van der Waals surface area contributed by atoms with E-state index in [2.05, 4.69) is 5.32 Å². The third kappa shape index (κ3) is 4.36. The van der Waals surface area contributed by atoms with Crippen LogP contribution in [0, 0.1) is 17.0 Å². The molecule has 34 heavy (non-hydrogen) atoms. The number of nitrogens with one attached hydrogen (secondary N) is 1. The van der Waals surface area contributed by atoms with E-state index in [1.54, 1.807) is 25.1 Å². The van der Waals surface area contributed by atoms with Crippen LogP contribution >= 0.6 is 0 Å². The standard InChI is InChI=1S/C25H22N4O5/c1-16-11-12-22-21(13-16)24(31)28(19-9-6-10-20(14-19)29(33)34)25(32)27(22)15-23(30)26-17(2)18-7-4-3-5-8-18/h3-14,17H,15H2,1-2H3,(H,26,30)/t17-/m0/s1.